The van der Waals surface area contributed by atoms with E-state index in [1.165, 1.54) is 12.1 Å². The fourth-order valence-corrected chi connectivity index (χ4v) is 1.45. The lowest BCUT2D eigenvalue weighted by Crippen LogP contribution is -2.84. The molecule has 0 amide bonds. The van der Waals surface area contributed by atoms with Gasteiger partial charge in [-0.3, -0.25) is 0 Å². The molecule has 0 saturated heterocycles. The van der Waals surface area contributed by atoms with Crippen LogP contribution in [0.25, 0.3) is 0 Å². The van der Waals surface area contributed by atoms with E-state index in [1.807, 2.05) is 0 Å². The summed E-state index contributed by atoms with van der Waals surface area (Å²) in [5.41, 5.74) is -0.354. The van der Waals surface area contributed by atoms with E-state index >= 15 is 0 Å². The van der Waals surface area contributed by atoms with Gasteiger partial charge in [0.25, 0.3) is 0 Å². The summed E-state index contributed by atoms with van der Waals surface area (Å²) in [6.07, 6.45) is -4.83. The van der Waals surface area contributed by atoms with Crippen LogP contribution in [0.2, 0.25) is 0 Å². The van der Waals surface area contributed by atoms with Crippen LogP contribution in [0.15, 0.2) is 24.3 Å². The SMILES string of the molecule is C[C@@H](O)C[NH2+]Cc1ccccc1C(F)(F)F. The summed E-state index contributed by atoms with van der Waals surface area (Å²) in [5, 5.41) is 10.7. The standard InChI is InChI=1S/C11H14F3NO/c1-8(16)6-15-7-9-4-2-3-5-10(9)11(12,13)14/h2-5,8,15-16H,6-7H2,1H3/p+1/t8-/m1/s1. The second-order valence-electron chi connectivity index (χ2n) is 3.73. The summed E-state index contributed by atoms with van der Waals surface area (Å²) >= 11 is 0. The van der Waals surface area contributed by atoms with Crippen LogP contribution in [0.1, 0.15) is 18.1 Å². The molecule has 0 bridgehead atoms. The van der Waals surface area contributed by atoms with Crippen molar-refractivity contribution in [3.63, 3.8) is 0 Å². The average molecular weight is 234 g/mol. The molecule has 16 heavy (non-hydrogen) atoms. The van der Waals surface area contributed by atoms with Crippen molar-refractivity contribution < 1.29 is 23.6 Å². The molecule has 1 aromatic rings. The second-order valence-corrected chi connectivity index (χ2v) is 3.73. The quantitative estimate of drug-likeness (QED) is 0.805. The molecule has 1 atom stereocenters. The minimum Gasteiger partial charge on any atom is -0.388 e. The predicted octanol–water partition coefficient (Wildman–Crippen LogP) is 1.15. The number of quaternary nitrogens is 1. The van der Waals surface area contributed by atoms with Gasteiger partial charge in [0.05, 0.1) is 11.7 Å². The predicted molar refractivity (Wildman–Crippen MR) is 53.6 cm³/mol. The van der Waals surface area contributed by atoms with Crippen LogP contribution in [0.4, 0.5) is 13.2 Å². The zero-order valence-corrected chi connectivity index (χ0v) is 8.96. The Morgan fingerprint density at radius 1 is 1.31 bits per heavy atom. The van der Waals surface area contributed by atoms with E-state index in [0.717, 1.165) is 6.07 Å². The minimum absolute atomic E-state index is 0.223. The van der Waals surface area contributed by atoms with Crippen LogP contribution in [-0.2, 0) is 12.7 Å². The third-order valence-corrected chi connectivity index (χ3v) is 2.19. The molecule has 3 N–H and O–H groups in total. The van der Waals surface area contributed by atoms with Gasteiger partial charge in [-0.25, -0.2) is 0 Å². The monoisotopic (exact) mass is 234 g/mol. The van der Waals surface area contributed by atoms with Gasteiger partial charge < -0.3 is 10.4 Å². The fourth-order valence-electron chi connectivity index (χ4n) is 1.45. The first-order valence-electron chi connectivity index (χ1n) is 5.06. The molecule has 0 unspecified atom stereocenters. The van der Waals surface area contributed by atoms with Crippen molar-refractivity contribution in [2.24, 2.45) is 0 Å². The molecule has 0 aliphatic rings. The van der Waals surface area contributed by atoms with Crippen molar-refractivity contribution in [2.45, 2.75) is 25.7 Å². The molecule has 0 aromatic heterocycles. The minimum atomic E-state index is -4.31. The molecule has 0 aliphatic heterocycles. The van der Waals surface area contributed by atoms with Crippen LogP contribution in [0.5, 0.6) is 0 Å². The van der Waals surface area contributed by atoms with Gasteiger partial charge in [-0.15, -0.1) is 0 Å². The van der Waals surface area contributed by atoms with Crippen molar-refractivity contribution in [1.82, 2.24) is 0 Å². The van der Waals surface area contributed by atoms with Gasteiger partial charge >= 0.3 is 6.18 Å². The lowest BCUT2D eigenvalue weighted by atomic mass is 10.1. The molecular weight excluding hydrogens is 219 g/mol. The largest absolute Gasteiger partial charge is 0.416 e. The Labute approximate surface area is 92.1 Å². The molecule has 5 heteroatoms. The smallest absolute Gasteiger partial charge is 0.388 e. The number of aliphatic hydroxyl groups is 1. The zero-order valence-electron chi connectivity index (χ0n) is 8.96. The molecule has 0 radical (unpaired) electrons. The van der Waals surface area contributed by atoms with Crippen LogP contribution >= 0.6 is 0 Å². The summed E-state index contributed by atoms with van der Waals surface area (Å²) in [7, 11) is 0. The van der Waals surface area contributed by atoms with Crippen molar-refractivity contribution in [2.75, 3.05) is 6.54 Å². The first kappa shape index (κ1) is 13.0. The zero-order chi connectivity index (χ0) is 12.2. The fraction of sp³-hybridized carbons (Fsp3) is 0.455. The highest BCUT2D eigenvalue weighted by atomic mass is 19.4. The van der Waals surface area contributed by atoms with Crippen molar-refractivity contribution in [3.05, 3.63) is 35.4 Å². The summed E-state index contributed by atoms with van der Waals surface area (Å²) in [5.74, 6) is 0. The molecular formula is C11H15F3NO+. The van der Waals surface area contributed by atoms with Gasteiger partial charge in [0, 0.05) is 5.56 Å². The van der Waals surface area contributed by atoms with Crippen molar-refractivity contribution in [3.8, 4) is 0 Å². The Morgan fingerprint density at radius 2 is 1.94 bits per heavy atom. The van der Waals surface area contributed by atoms with Crippen LogP contribution < -0.4 is 5.32 Å². The van der Waals surface area contributed by atoms with Gasteiger partial charge in [-0.05, 0) is 13.0 Å². The Hall–Kier alpha value is -1.07. The highest BCUT2D eigenvalue weighted by Crippen LogP contribution is 2.31. The molecule has 2 nitrogen and oxygen atoms in total. The van der Waals surface area contributed by atoms with Crippen LogP contribution in [-0.4, -0.2) is 17.8 Å². The van der Waals surface area contributed by atoms with E-state index < -0.39 is 17.8 Å². The third kappa shape index (κ3) is 3.83. The molecule has 0 heterocycles. The molecule has 0 spiro atoms. The molecule has 90 valence electrons. The van der Waals surface area contributed by atoms with Gasteiger partial charge in [0.1, 0.15) is 13.1 Å². The lowest BCUT2D eigenvalue weighted by Gasteiger charge is -2.12. The molecule has 0 saturated carbocycles. The second kappa shape index (κ2) is 5.32. The average Bonchev–Trinajstić information content (AvgIpc) is 2.16. The highest BCUT2D eigenvalue weighted by Gasteiger charge is 2.33. The summed E-state index contributed by atoms with van der Waals surface area (Å²) in [6.45, 7) is 2.22. The van der Waals surface area contributed by atoms with E-state index in [2.05, 4.69) is 0 Å². The van der Waals surface area contributed by atoms with E-state index in [0.29, 0.717) is 6.54 Å². The molecule has 1 rings (SSSR count). The topological polar surface area (TPSA) is 36.8 Å². The maximum Gasteiger partial charge on any atom is 0.416 e. The van der Waals surface area contributed by atoms with Gasteiger partial charge in [-0.1, -0.05) is 18.2 Å². The van der Waals surface area contributed by atoms with Gasteiger partial charge in [-0.2, -0.15) is 13.2 Å². The summed E-state index contributed by atoms with van der Waals surface area (Å²) < 4.78 is 37.7. The van der Waals surface area contributed by atoms with Gasteiger partial charge in [0.2, 0.25) is 0 Å². The molecule has 1 aromatic carbocycles. The number of aliphatic hydroxyl groups excluding tert-OH is 1. The summed E-state index contributed by atoms with van der Waals surface area (Å²) in [4.78, 5) is 0. The van der Waals surface area contributed by atoms with E-state index in [1.54, 1.807) is 18.3 Å². The number of hydrogen-bond donors (Lipinski definition) is 2. The van der Waals surface area contributed by atoms with Crippen LogP contribution in [0, 0.1) is 0 Å². The van der Waals surface area contributed by atoms with Gasteiger partial charge in [0.15, 0.2) is 0 Å². The Kier molecular flexibility index (Phi) is 4.32. The third-order valence-electron chi connectivity index (χ3n) is 2.19. The highest BCUT2D eigenvalue weighted by molar-refractivity contribution is 5.28. The molecule has 0 fully saturated rings. The number of hydrogen-bond acceptors (Lipinski definition) is 1. The number of alkyl halides is 3. The number of benzene rings is 1. The number of halogens is 3. The number of nitrogens with two attached hydrogens (primary N) is 1. The maximum atomic E-state index is 12.6. The Bertz CT molecular complexity index is 336. The summed E-state index contributed by atoms with van der Waals surface area (Å²) in [6, 6.07) is 5.49. The maximum absolute atomic E-state index is 12.6. The lowest BCUT2D eigenvalue weighted by molar-refractivity contribution is -0.676. The first-order chi connectivity index (χ1) is 7.41. The first-order valence-corrected chi connectivity index (χ1v) is 5.06. The number of rotatable bonds is 4. The van der Waals surface area contributed by atoms with Crippen molar-refractivity contribution >= 4 is 0 Å². The van der Waals surface area contributed by atoms with E-state index in [4.69, 9.17) is 5.11 Å². The normalized spacial score (nSPS) is 13.8. The van der Waals surface area contributed by atoms with E-state index in [-0.39, 0.29) is 12.1 Å². The Morgan fingerprint density at radius 3 is 2.50 bits per heavy atom. The Balaban J connectivity index is 2.72. The van der Waals surface area contributed by atoms with Crippen LogP contribution in [0.3, 0.4) is 0 Å². The van der Waals surface area contributed by atoms with E-state index in [9.17, 15) is 13.2 Å². The van der Waals surface area contributed by atoms with Crippen molar-refractivity contribution in [1.29, 1.82) is 0 Å². The molecule has 0 aliphatic carbocycles.